The molecule has 684 valence electrons. The Morgan fingerprint density at radius 2 is 0.447 bits per heavy atom. The predicted octanol–water partition coefficient (Wildman–Crippen LogP) is 28.9. The quantitative estimate of drug-likeness (QED) is 0.0257. The molecule has 0 heterocycles. The number of aliphatic hydroxyl groups excluding tert-OH is 2. The van der Waals surface area contributed by atoms with Crippen LogP contribution < -0.4 is 0 Å². The zero-order chi connectivity index (χ0) is 83.8. The van der Waals surface area contributed by atoms with Gasteiger partial charge in [-0.2, -0.15) is 0 Å². The Kier molecular flexibility index (Phi) is 92.0. The van der Waals surface area contributed by atoms with Gasteiger partial charge in [0.25, 0.3) is 0 Å². The van der Waals surface area contributed by atoms with E-state index in [2.05, 4.69) is 91.4 Å². The summed E-state index contributed by atoms with van der Waals surface area (Å²) in [5.41, 5.74) is 0. The highest BCUT2D eigenvalue weighted by atomic mass is 28.4. The van der Waals surface area contributed by atoms with Crippen molar-refractivity contribution in [3.63, 3.8) is 0 Å². The molecule has 0 aromatic carbocycles. The maximum Gasteiger partial charge on any atom is 0.333 e. The highest BCUT2D eigenvalue weighted by Gasteiger charge is 2.31. The maximum atomic E-state index is 13.0. The second-order valence-corrected chi connectivity index (χ2v) is 42.0. The van der Waals surface area contributed by atoms with Crippen LogP contribution >= 0.6 is 0 Å². The van der Waals surface area contributed by atoms with E-state index in [-0.39, 0.29) is 49.6 Å². The highest BCUT2D eigenvalue weighted by Crippen LogP contribution is 2.26. The van der Waals surface area contributed by atoms with Crippen molar-refractivity contribution < 1.29 is 56.5 Å². The lowest BCUT2D eigenvalue weighted by atomic mass is 9.94. The number of ether oxygens (including phenoxy) is 4. The van der Waals surface area contributed by atoms with Gasteiger partial charge in [0.15, 0.2) is 0 Å². The van der Waals surface area contributed by atoms with Gasteiger partial charge in [0, 0.05) is 52.7 Å². The molecule has 14 nitrogen and oxygen atoms in total. The van der Waals surface area contributed by atoms with Crippen LogP contribution in [0.15, 0.2) is 0 Å². The summed E-state index contributed by atoms with van der Waals surface area (Å²) in [7, 11) is -4.53. The van der Waals surface area contributed by atoms with Gasteiger partial charge in [0.05, 0.1) is 25.0 Å². The summed E-state index contributed by atoms with van der Waals surface area (Å²) in [6.07, 6.45) is 78.3. The van der Waals surface area contributed by atoms with Gasteiger partial charge in [-0.3, -0.25) is 9.59 Å². The number of rotatable bonds is 94. The van der Waals surface area contributed by atoms with E-state index in [1.165, 1.54) is 257 Å². The summed E-state index contributed by atoms with van der Waals surface area (Å²) < 4.78 is 50.2. The molecule has 16 heteroatoms. The van der Waals surface area contributed by atoms with Crippen LogP contribution in [0.25, 0.3) is 0 Å². The molecule has 0 aromatic rings. The van der Waals surface area contributed by atoms with Crippen LogP contribution in [0.2, 0.25) is 26.2 Å². The number of hydrogen-bond donors (Lipinski definition) is 2. The predicted molar refractivity (Wildman–Crippen MR) is 495 cm³/mol. The van der Waals surface area contributed by atoms with E-state index in [1.54, 1.807) is 0 Å². The smallest absolute Gasteiger partial charge is 0.333 e. The van der Waals surface area contributed by atoms with Crippen molar-refractivity contribution in [2.75, 3.05) is 92.1 Å². The molecule has 0 aliphatic rings. The van der Waals surface area contributed by atoms with Crippen LogP contribution in [-0.4, -0.2) is 154 Å². The van der Waals surface area contributed by atoms with E-state index in [4.69, 9.17) is 36.7 Å². The molecule has 4 unspecified atom stereocenters. The molecule has 0 spiro atoms. The van der Waals surface area contributed by atoms with E-state index in [1.807, 2.05) is 0 Å². The molecule has 0 aromatic heterocycles. The first kappa shape index (κ1) is 115. The minimum absolute atomic E-state index is 0.0572. The van der Waals surface area contributed by atoms with E-state index in [9.17, 15) is 19.8 Å². The normalized spacial score (nSPS) is 13.1. The molecule has 0 saturated heterocycles. The number of esters is 2. The largest absolute Gasteiger partial charge is 0.465 e. The molecule has 2 N–H and O–H groups in total. The van der Waals surface area contributed by atoms with Crippen molar-refractivity contribution in [1.29, 1.82) is 0 Å². The van der Waals surface area contributed by atoms with Crippen molar-refractivity contribution in [2.24, 2.45) is 11.8 Å². The molecule has 0 aliphatic carbocycles. The van der Waals surface area contributed by atoms with E-state index in [0.29, 0.717) is 13.2 Å². The fourth-order valence-electron chi connectivity index (χ4n) is 15.5. The van der Waals surface area contributed by atoms with Crippen molar-refractivity contribution >= 4 is 29.1 Å². The summed E-state index contributed by atoms with van der Waals surface area (Å²) in [6, 6.07) is 0. The van der Waals surface area contributed by atoms with Crippen molar-refractivity contribution in [3.8, 4) is 0 Å². The van der Waals surface area contributed by atoms with Crippen LogP contribution in [0.3, 0.4) is 0 Å². The molecular weight excluding hydrogens is 1450 g/mol. The Morgan fingerprint density at radius 1 is 0.246 bits per heavy atom. The Balaban J connectivity index is 0. The lowest BCUT2D eigenvalue weighted by Crippen LogP contribution is -2.40. The monoisotopic (exact) mass is 1660 g/mol. The molecule has 114 heavy (non-hydrogen) atoms. The lowest BCUT2D eigenvalue weighted by molar-refractivity contribution is -0.150. The number of unbranched alkanes of at least 4 members (excludes halogenated alkanes) is 46. The van der Waals surface area contributed by atoms with Crippen LogP contribution in [0, 0.1) is 11.8 Å². The highest BCUT2D eigenvalue weighted by molar-refractivity contribution is 6.64. The second-order valence-electron chi connectivity index (χ2n) is 35.3. The van der Waals surface area contributed by atoms with Gasteiger partial charge in [0.1, 0.15) is 12.6 Å². The molecule has 0 rings (SSSR count). The topological polar surface area (TPSA) is 155 Å². The van der Waals surface area contributed by atoms with Crippen molar-refractivity contribution in [1.82, 2.24) is 9.80 Å². The number of carbonyl (C=O) groups is 2. The Morgan fingerprint density at radius 3 is 0.711 bits per heavy atom. The first-order chi connectivity index (χ1) is 55.7. The maximum absolute atomic E-state index is 13.0. The summed E-state index contributed by atoms with van der Waals surface area (Å²) >= 11 is 0. The minimum Gasteiger partial charge on any atom is -0.465 e. The van der Waals surface area contributed by atoms with Crippen molar-refractivity contribution in [2.45, 2.75) is 518 Å². The second kappa shape index (κ2) is 91.2. The number of carbonyl (C=O) groups excluding carboxylic acids is 2. The lowest BCUT2D eigenvalue weighted by Gasteiger charge is -2.29. The fourth-order valence-corrected chi connectivity index (χ4v) is 18.5. The average Bonchev–Trinajstić information content (AvgIpc) is 0.920. The van der Waals surface area contributed by atoms with E-state index >= 15 is 0 Å². The van der Waals surface area contributed by atoms with Gasteiger partial charge in [-0.1, -0.05) is 351 Å². The van der Waals surface area contributed by atoms with Crippen LogP contribution in [-0.2, 0) is 46.2 Å². The summed E-state index contributed by atoms with van der Waals surface area (Å²) in [5.74, 6) is 0.300. The van der Waals surface area contributed by atoms with Crippen LogP contribution in [0.1, 0.15) is 479 Å². The average molecular weight is 1660 g/mol. The number of hydrogen-bond acceptors (Lipinski definition) is 14. The van der Waals surface area contributed by atoms with Gasteiger partial charge in [-0.05, 0) is 181 Å². The standard InChI is InChI=1S/2C49H101NO6Si/c2*1-7-11-15-19-22-29-38-47(37-28-18-14-10-4)49(52)54-45-34-26-23-31-40-50(42-36-43-51)41-32-24-27-35-46-55-57(5,6)56-48(39-30-21-17-13-9-3)53-44-33-25-20-16-12-8-2/h2*47-48,51H,7-46H2,1-6H3. The van der Waals surface area contributed by atoms with E-state index in [0.717, 1.165) is 233 Å². The summed E-state index contributed by atoms with van der Waals surface area (Å²) in [5, 5.41) is 19.0. The zero-order valence-electron chi connectivity index (χ0n) is 78.7. The zero-order valence-corrected chi connectivity index (χ0v) is 80.7. The Bertz CT molecular complexity index is 1760. The minimum atomic E-state index is -2.27. The third-order valence-electron chi connectivity index (χ3n) is 22.9. The van der Waals surface area contributed by atoms with E-state index < -0.39 is 17.1 Å². The molecule has 0 radical (unpaired) electrons. The molecule has 0 fully saturated rings. The molecular formula is C98H202N2O12Si2. The van der Waals surface area contributed by atoms with Crippen LogP contribution in [0.5, 0.6) is 0 Å². The molecule has 0 saturated carbocycles. The van der Waals surface area contributed by atoms with Gasteiger partial charge in [0.2, 0.25) is 0 Å². The molecule has 0 bridgehead atoms. The molecule has 4 atom stereocenters. The van der Waals surface area contributed by atoms with Gasteiger partial charge < -0.3 is 56.7 Å². The number of aliphatic hydroxyl groups is 2. The summed E-state index contributed by atoms with van der Waals surface area (Å²) in [6.45, 7) is 37.8. The SMILES string of the molecule is CCCCCCCCOC(CCCCCCC)O[Si](C)(C)OCCCCCCN(CCCO)CCCCCCOC(=O)C(CCCCCC)CCCCCCCC.CCCCCCCCOC(CCCCCCC)O[Si](C)(C)OCCCCCCN(CCCO)CCCCCCOC(=O)C(CCCCCC)CCCCCCCC. The molecule has 0 aliphatic heterocycles. The third-order valence-corrected chi connectivity index (χ3v) is 26.4. The van der Waals surface area contributed by atoms with Crippen LogP contribution in [0.4, 0.5) is 0 Å². The Labute approximate surface area is 713 Å². The molecule has 0 amide bonds. The van der Waals surface area contributed by atoms with Gasteiger partial charge in [-0.25, -0.2) is 0 Å². The summed E-state index contributed by atoms with van der Waals surface area (Å²) in [4.78, 5) is 31.0. The first-order valence-corrected chi connectivity index (χ1v) is 56.2. The third kappa shape index (κ3) is 83.2. The Hall–Kier alpha value is -1.03. The van der Waals surface area contributed by atoms with Gasteiger partial charge in [-0.15, -0.1) is 0 Å². The fraction of sp³-hybridized carbons (Fsp3) is 0.980. The number of nitrogens with zero attached hydrogens (tertiary/aromatic N) is 2. The first-order valence-electron chi connectivity index (χ1n) is 50.5. The van der Waals surface area contributed by atoms with Gasteiger partial charge >= 0.3 is 29.1 Å². The van der Waals surface area contributed by atoms with Crippen molar-refractivity contribution in [3.05, 3.63) is 0 Å².